The van der Waals surface area contributed by atoms with Crippen molar-refractivity contribution in [1.29, 1.82) is 0 Å². The second-order valence-electron chi connectivity index (χ2n) is 3.29. The lowest BCUT2D eigenvalue weighted by Gasteiger charge is -2.02. The van der Waals surface area contributed by atoms with E-state index in [0.29, 0.717) is 0 Å². The Morgan fingerprint density at radius 2 is 2.15 bits per heavy atom. The average molecular weight is 189 g/mol. The molecule has 0 unspecified atom stereocenters. The largest absolute Gasteiger partial charge is 0.256 e. The van der Waals surface area contributed by atoms with E-state index in [1.54, 1.807) is 0 Å². The highest BCUT2D eigenvalue weighted by Crippen LogP contribution is 2.26. The van der Waals surface area contributed by atoms with Gasteiger partial charge in [0.2, 0.25) is 0 Å². The summed E-state index contributed by atoms with van der Waals surface area (Å²) in [5, 5.41) is 1.40. The molecule has 1 nitrogen and oxygen atoms in total. The highest BCUT2D eigenvalue weighted by Gasteiger charge is 2.13. The summed E-state index contributed by atoms with van der Waals surface area (Å²) >= 11 is 0. The molecule has 2 heteroatoms. The van der Waals surface area contributed by atoms with E-state index in [0.717, 1.165) is 5.69 Å². The van der Waals surface area contributed by atoms with Crippen molar-refractivity contribution in [3.63, 3.8) is 0 Å². The minimum Gasteiger partial charge on any atom is -0.256 e. The van der Waals surface area contributed by atoms with Gasteiger partial charge in [0.05, 0.1) is 5.69 Å². The highest BCUT2D eigenvalue weighted by molar-refractivity contribution is 7.43. The van der Waals surface area contributed by atoms with Crippen molar-refractivity contribution in [3.05, 3.63) is 41.2 Å². The summed E-state index contributed by atoms with van der Waals surface area (Å²) < 4.78 is 0. The van der Waals surface area contributed by atoms with Gasteiger partial charge in [-0.25, -0.2) is 0 Å². The molecule has 0 aliphatic carbocycles. The number of pyridine rings is 1. The lowest BCUT2D eigenvalue weighted by atomic mass is 10.1. The smallest absolute Gasteiger partial charge is 0.0747 e. The van der Waals surface area contributed by atoms with E-state index in [4.69, 9.17) is 0 Å². The maximum atomic E-state index is 4.37. The zero-order valence-corrected chi connectivity index (χ0v) is 8.81. The molecule has 0 spiro atoms. The summed E-state index contributed by atoms with van der Waals surface area (Å²) in [6.07, 6.45) is 3.04. The Morgan fingerprint density at radius 1 is 1.31 bits per heavy atom. The van der Waals surface area contributed by atoms with Gasteiger partial charge in [-0.15, -0.1) is 0 Å². The molecule has 2 rings (SSSR count). The van der Waals surface area contributed by atoms with Gasteiger partial charge in [0.1, 0.15) is 0 Å². The Balaban J connectivity index is 2.40. The summed E-state index contributed by atoms with van der Waals surface area (Å²) in [5.74, 6) is 0. The summed E-state index contributed by atoms with van der Waals surface area (Å²) in [6, 6.07) is 6.10. The van der Waals surface area contributed by atoms with E-state index >= 15 is 0 Å². The van der Waals surface area contributed by atoms with E-state index < -0.39 is 0 Å². The zero-order chi connectivity index (χ0) is 9.26. The number of rotatable bonds is 1. The third kappa shape index (κ3) is 1.57. The second kappa shape index (κ2) is 3.43. The van der Waals surface area contributed by atoms with E-state index in [-0.39, 0.29) is 0 Å². The minimum absolute atomic E-state index is 1.14. The van der Waals surface area contributed by atoms with Crippen LogP contribution in [0.5, 0.6) is 0 Å². The van der Waals surface area contributed by atoms with Crippen molar-refractivity contribution in [2.45, 2.75) is 13.8 Å². The first-order valence-electron chi connectivity index (χ1n) is 4.41. The van der Waals surface area contributed by atoms with Gasteiger partial charge in [-0.05, 0) is 31.6 Å². The molecule has 0 N–H and O–H groups in total. The van der Waals surface area contributed by atoms with Crippen LogP contribution in [0.4, 0.5) is 0 Å². The van der Waals surface area contributed by atoms with Gasteiger partial charge in [-0.1, -0.05) is 19.8 Å². The summed E-state index contributed by atoms with van der Waals surface area (Å²) in [7, 11) is 1.40. The maximum absolute atomic E-state index is 4.37. The molecule has 0 radical (unpaired) electrons. The van der Waals surface area contributed by atoms with Crippen molar-refractivity contribution in [1.82, 2.24) is 4.98 Å². The van der Waals surface area contributed by atoms with Crippen LogP contribution in [0.15, 0.2) is 35.5 Å². The standard InChI is InChI=1S/C11H12NP/c1-8-7-13-11(9(8)2)10-5-3-4-6-12-10/h3-6H,7H2,1-2H3. The summed E-state index contributed by atoms with van der Waals surface area (Å²) in [4.78, 5) is 4.37. The van der Waals surface area contributed by atoms with Crippen LogP contribution in [0.1, 0.15) is 19.5 Å². The van der Waals surface area contributed by atoms with Crippen LogP contribution in [0.3, 0.4) is 0 Å². The average Bonchev–Trinajstić information content (AvgIpc) is 2.49. The molecule has 1 aliphatic rings. The molecular weight excluding hydrogens is 177 g/mol. The van der Waals surface area contributed by atoms with Gasteiger partial charge < -0.3 is 0 Å². The van der Waals surface area contributed by atoms with Crippen molar-refractivity contribution in [3.8, 4) is 0 Å². The lowest BCUT2D eigenvalue weighted by molar-refractivity contribution is 1.28. The molecule has 0 atom stereocenters. The molecule has 0 saturated heterocycles. The van der Waals surface area contributed by atoms with Gasteiger partial charge in [-0.2, -0.15) is 0 Å². The third-order valence-electron chi connectivity index (χ3n) is 2.38. The topological polar surface area (TPSA) is 12.9 Å². The quantitative estimate of drug-likeness (QED) is 0.619. The molecule has 1 aromatic heterocycles. The zero-order valence-electron chi connectivity index (χ0n) is 7.91. The molecular formula is C11H12NP. The predicted molar refractivity (Wildman–Crippen MR) is 58.5 cm³/mol. The van der Waals surface area contributed by atoms with Crippen molar-refractivity contribution in [2.24, 2.45) is 0 Å². The lowest BCUT2D eigenvalue weighted by Crippen LogP contribution is -2.00. The van der Waals surface area contributed by atoms with Crippen molar-refractivity contribution < 1.29 is 0 Å². The van der Waals surface area contributed by atoms with Crippen molar-refractivity contribution >= 4 is 13.5 Å². The number of allylic oxidation sites excluding steroid dienone is 2. The Hall–Kier alpha value is -0.940. The van der Waals surface area contributed by atoms with E-state index in [9.17, 15) is 0 Å². The fraction of sp³-hybridized carbons (Fsp3) is 0.273. The molecule has 0 saturated carbocycles. The van der Waals surface area contributed by atoms with E-state index in [1.165, 1.54) is 30.8 Å². The van der Waals surface area contributed by atoms with Crippen LogP contribution in [-0.2, 0) is 0 Å². The molecule has 0 aromatic carbocycles. The predicted octanol–water partition coefficient (Wildman–Crippen LogP) is 2.90. The number of hydrogen-bond donors (Lipinski definition) is 0. The Bertz CT molecular complexity index is 376. The molecule has 66 valence electrons. The molecule has 13 heavy (non-hydrogen) atoms. The van der Waals surface area contributed by atoms with Crippen LogP contribution in [0, 0.1) is 0 Å². The molecule has 1 aromatic rings. The first kappa shape index (κ1) is 8.65. The van der Waals surface area contributed by atoms with Gasteiger partial charge in [0, 0.05) is 17.7 Å². The van der Waals surface area contributed by atoms with Gasteiger partial charge in [-0.3, -0.25) is 4.98 Å². The normalized spacial score (nSPS) is 17.5. The molecule has 0 bridgehead atoms. The summed E-state index contributed by atoms with van der Waals surface area (Å²) in [6.45, 7) is 4.40. The summed E-state index contributed by atoms with van der Waals surface area (Å²) in [5.41, 5.74) is 4.07. The second-order valence-corrected chi connectivity index (χ2v) is 4.36. The molecule has 0 fully saturated rings. The Kier molecular flexibility index (Phi) is 2.28. The van der Waals surface area contributed by atoms with Crippen LogP contribution < -0.4 is 0 Å². The Labute approximate surface area is 80.3 Å². The SMILES string of the molecule is CC1=C(C)C(c2ccccn2)=PC1. The van der Waals surface area contributed by atoms with Gasteiger partial charge in [0.15, 0.2) is 0 Å². The first-order chi connectivity index (χ1) is 6.29. The molecule has 0 amide bonds. The van der Waals surface area contributed by atoms with Crippen molar-refractivity contribution in [2.75, 3.05) is 6.16 Å². The van der Waals surface area contributed by atoms with Crippen LogP contribution in [0.25, 0.3) is 0 Å². The molecule has 1 aliphatic heterocycles. The minimum atomic E-state index is 1.14. The monoisotopic (exact) mass is 189 g/mol. The van der Waals surface area contributed by atoms with Gasteiger partial charge in [0.25, 0.3) is 0 Å². The molecule has 2 heterocycles. The van der Waals surface area contributed by atoms with Crippen LogP contribution in [-0.4, -0.2) is 16.4 Å². The van der Waals surface area contributed by atoms with Crippen LogP contribution >= 0.6 is 8.20 Å². The van der Waals surface area contributed by atoms with Crippen LogP contribution in [0.2, 0.25) is 0 Å². The fourth-order valence-corrected chi connectivity index (χ4v) is 2.77. The number of aromatic nitrogens is 1. The fourth-order valence-electron chi connectivity index (χ4n) is 1.41. The van der Waals surface area contributed by atoms with E-state index in [1.807, 2.05) is 18.3 Å². The highest BCUT2D eigenvalue weighted by atomic mass is 31.1. The first-order valence-corrected chi connectivity index (χ1v) is 5.49. The van der Waals surface area contributed by atoms with E-state index in [2.05, 4.69) is 24.9 Å². The Morgan fingerprint density at radius 3 is 2.69 bits per heavy atom. The third-order valence-corrected chi connectivity index (χ3v) is 3.89. The van der Waals surface area contributed by atoms with Gasteiger partial charge >= 0.3 is 0 Å². The maximum Gasteiger partial charge on any atom is 0.0747 e. The number of nitrogens with zero attached hydrogens (tertiary/aromatic N) is 1. The number of hydrogen-bond acceptors (Lipinski definition) is 1.